The van der Waals surface area contributed by atoms with Crippen LogP contribution in [0.1, 0.15) is 11.1 Å². The van der Waals surface area contributed by atoms with Gasteiger partial charge in [0.1, 0.15) is 0 Å². The van der Waals surface area contributed by atoms with Crippen LogP contribution in [0.3, 0.4) is 0 Å². The molecule has 0 bridgehead atoms. The number of anilines is 1. The van der Waals surface area contributed by atoms with Crippen LogP contribution in [-0.2, 0) is 4.79 Å². The summed E-state index contributed by atoms with van der Waals surface area (Å²) in [6.07, 6.45) is 1.89. The van der Waals surface area contributed by atoms with Gasteiger partial charge in [0.05, 0.1) is 10.6 Å². The molecule has 1 N–H and O–H groups in total. The Labute approximate surface area is 146 Å². The number of aryl methyl sites for hydroxylation is 1. The molecular formula is C19H19N3OS. The van der Waals surface area contributed by atoms with Gasteiger partial charge < -0.3 is 10.2 Å². The summed E-state index contributed by atoms with van der Waals surface area (Å²) in [6, 6.07) is 16.0. The minimum Gasteiger partial charge on any atom is -0.378 e. The second-order valence-electron chi connectivity index (χ2n) is 5.80. The summed E-state index contributed by atoms with van der Waals surface area (Å²) in [4.78, 5) is 19.3. The normalized spacial score (nSPS) is 17.4. The molecule has 0 unspecified atom stereocenters. The van der Waals surface area contributed by atoms with Crippen LogP contribution in [0.15, 0.2) is 58.4 Å². The molecule has 1 amide bonds. The number of carbonyl (C=O) groups is 1. The summed E-state index contributed by atoms with van der Waals surface area (Å²) < 4.78 is 0. The van der Waals surface area contributed by atoms with E-state index in [0.29, 0.717) is 10.1 Å². The number of nitrogens with one attached hydrogen (secondary N) is 1. The monoisotopic (exact) mass is 337 g/mol. The lowest BCUT2D eigenvalue weighted by atomic mass is 10.2. The highest BCUT2D eigenvalue weighted by Gasteiger charge is 2.23. The molecule has 0 saturated carbocycles. The number of benzene rings is 2. The molecule has 1 saturated heterocycles. The number of carbonyl (C=O) groups excluding carboxylic acids is 1. The Kier molecular flexibility index (Phi) is 4.71. The van der Waals surface area contributed by atoms with E-state index in [-0.39, 0.29) is 5.91 Å². The summed E-state index contributed by atoms with van der Waals surface area (Å²) in [6.45, 7) is 2.03. The number of thioether (sulfide) groups is 1. The lowest BCUT2D eigenvalue weighted by molar-refractivity contribution is -0.115. The summed E-state index contributed by atoms with van der Waals surface area (Å²) in [7, 11) is 4.00. The van der Waals surface area contributed by atoms with Crippen LogP contribution in [-0.4, -0.2) is 25.2 Å². The Morgan fingerprint density at radius 3 is 2.33 bits per heavy atom. The summed E-state index contributed by atoms with van der Waals surface area (Å²) in [5, 5.41) is 3.43. The van der Waals surface area contributed by atoms with Gasteiger partial charge in [0.25, 0.3) is 5.91 Å². The van der Waals surface area contributed by atoms with E-state index in [0.717, 1.165) is 16.9 Å². The quantitative estimate of drug-likeness (QED) is 0.863. The Balaban J connectivity index is 1.77. The molecule has 122 valence electrons. The number of nitrogens with zero attached hydrogens (tertiary/aromatic N) is 2. The van der Waals surface area contributed by atoms with Gasteiger partial charge in [-0.2, -0.15) is 0 Å². The van der Waals surface area contributed by atoms with Crippen LogP contribution >= 0.6 is 11.8 Å². The number of hydrogen-bond donors (Lipinski definition) is 1. The van der Waals surface area contributed by atoms with Crippen molar-refractivity contribution < 1.29 is 4.79 Å². The van der Waals surface area contributed by atoms with Crippen LogP contribution in [0.2, 0.25) is 0 Å². The fourth-order valence-corrected chi connectivity index (χ4v) is 3.08. The SMILES string of the molecule is Cc1ccc(N=C2NC(=O)/C(=C/c3ccc(N(C)C)cc3)S2)cc1. The lowest BCUT2D eigenvalue weighted by Crippen LogP contribution is -2.19. The fourth-order valence-electron chi connectivity index (χ4n) is 2.24. The molecule has 1 aliphatic heterocycles. The lowest BCUT2D eigenvalue weighted by Gasteiger charge is -2.11. The molecule has 0 aliphatic carbocycles. The van der Waals surface area contributed by atoms with Crippen molar-refractivity contribution in [2.75, 3.05) is 19.0 Å². The van der Waals surface area contributed by atoms with E-state index in [2.05, 4.69) is 10.3 Å². The van der Waals surface area contributed by atoms with Gasteiger partial charge in [-0.15, -0.1) is 0 Å². The van der Waals surface area contributed by atoms with Gasteiger partial charge in [0.2, 0.25) is 0 Å². The highest BCUT2D eigenvalue weighted by Crippen LogP contribution is 2.28. The standard InChI is InChI=1S/C19H19N3OS/c1-13-4-8-15(9-5-13)20-19-21-18(23)17(24-19)12-14-6-10-16(11-7-14)22(2)3/h4-12H,1-3H3,(H,20,21,23)/b17-12-. The molecule has 0 spiro atoms. The van der Waals surface area contributed by atoms with E-state index in [4.69, 9.17) is 0 Å². The molecule has 24 heavy (non-hydrogen) atoms. The largest absolute Gasteiger partial charge is 0.378 e. The van der Waals surface area contributed by atoms with Gasteiger partial charge in [-0.05, 0) is 54.6 Å². The van der Waals surface area contributed by atoms with Gasteiger partial charge in [-0.3, -0.25) is 4.79 Å². The first-order valence-electron chi connectivity index (χ1n) is 7.65. The van der Waals surface area contributed by atoms with Crippen LogP contribution in [0, 0.1) is 6.92 Å². The van der Waals surface area contributed by atoms with Gasteiger partial charge in [-0.25, -0.2) is 4.99 Å². The Hall–Kier alpha value is -2.53. The minimum atomic E-state index is -0.109. The number of rotatable bonds is 3. The maximum Gasteiger partial charge on any atom is 0.264 e. The Bertz CT molecular complexity index is 806. The van der Waals surface area contributed by atoms with Crippen molar-refractivity contribution in [3.8, 4) is 0 Å². The minimum absolute atomic E-state index is 0.109. The molecule has 0 aromatic heterocycles. The van der Waals surface area contributed by atoms with E-state index in [1.807, 2.05) is 80.5 Å². The molecule has 1 fully saturated rings. The number of amides is 1. The third-order valence-corrected chi connectivity index (χ3v) is 4.53. The van der Waals surface area contributed by atoms with Crippen LogP contribution in [0.5, 0.6) is 0 Å². The zero-order chi connectivity index (χ0) is 17.1. The van der Waals surface area contributed by atoms with E-state index in [1.54, 1.807) is 0 Å². The first-order chi connectivity index (χ1) is 11.5. The van der Waals surface area contributed by atoms with Crippen molar-refractivity contribution in [3.05, 3.63) is 64.6 Å². The van der Waals surface area contributed by atoms with E-state index < -0.39 is 0 Å². The number of amidine groups is 1. The molecule has 1 aliphatic rings. The van der Waals surface area contributed by atoms with E-state index >= 15 is 0 Å². The maximum absolute atomic E-state index is 12.1. The van der Waals surface area contributed by atoms with Crippen molar-refractivity contribution in [1.82, 2.24) is 5.32 Å². The number of hydrogen-bond acceptors (Lipinski definition) is 4. The molecule has 3 rings (SSSR count). The molecule has 0 atom stereocenters. The van der Waals surface area contributed by atoms with Gasteiger partial charge >= 0.3 is 0 Å². The predicted molar refractivity (Wildman–Crippen MR) is 103 cm³/mol. The molecule has 2 aromatic carbocycles. The van der Waals surface area contributed by atoms with Crippen molar-refractivity contribution in [1.29, 1.82) is 0 Å². The average molecular weight is 337 g/mol. The van der Waals surface area contributed by atoms with Crippen molar-refractivity contribution in [3.63, 3.8) is 0 Å². The summed E-state index contributed by atoms with van der Waals surface area (Å²) in [5.74, 6) is -0.109. The number of aliphatic imine (C=N–C) groups is 1. The zero-order valence-corrected chi connectivity index (χ0v) is 14.7. The topological polar surface area (TPSA) is 44.7 Å². The van der Waals surface area contributed by atoms with Crippen molar-refractivity contribution in [2.24, 2.45) is 4.99 Å². The summed E-state index contributed by atoms with van der Waals surface area (Å²) in [5.41, 5.74) is 4.14. The second-order valence-corrected chi connectivity index (χ2v) is 6.83. The third kappa shape index (κ3) is 3.86. The molecule has 0 radical (unpaired) electrons. The molecular weight excluding hydrogens is 318 g/mol. The van der Waals surface area contributed by atoms with Crippen molar-refractivity contribution in [2.45, 2.75) is 6.92 Å². The fraction of sp³-hybridized carbons (Fsp3) is 0.158. The first kappa shape index (κ1) is 16.3. The van der Waals surface area contributed by atoms with Crippen LogP contribution in [0.25, 0.3) is 6.08 Å². The summed E-state index contributed by atoms with van der Waals surface area (Å²) >= 11 is 1.36. The molecule has 1 heterocycles. The van der Waals surface area contributed by atoms with Gasteiger partial charge in [0.15, 0.2) is 5.17 Å². The van der Waals surface area contributed by atoms with Crippen molar-refractivity contribution >= 4 is 40.3 Å². The molecule has 5 heteroatoms. The van der Waals surface area contributed by atoms with Crippen LogP contribution < -0.4 is 10.2 Å². The van der Waals surface area contributed by atoms with E-state index in [9.17, 15) is 4.79 Å². The molecule has 4 nitrogen and oxygen atoms in total. The smallest absolute Gasteiger partial charge is 0.264 e. The first-order valence-corrected chi connectivity index (χ1v) is 8.46. The highest BCUT2D eigenvalue weighted by molar-refractivity contribution is 8.18. The second kappa shape index (κ2) is 6.93. The van der Waals surface area contributed by atoms with E-state index in [1.165, 1.54) is 17.3 Å². The Morgan fingerprint density at radius 1 is 1.04 bits per heavy atom. The predicted octanol–water partition coefficient (Wildman–Crippen LogP) is 3.95. The third-order valence-electron chi connectivity index (χ3n) is 3.62. The van der Waals surface area contributed by atoms with Gasteiger partial charge in [-0.1, -0.05) is 29.8 Å². The molecule has 2 aromatic rings. The maximum atomic E-state index is 12.1. The Morgan fingerprint density at radius 2 is 1.71 bits per heavy atom. The van der Waals surface area contributed by atoms with Gasteiger partial charge in [0, 0.05) is 19.8 Å². The average Bonchev–Trinajstić information content (AvgIpc) is 2.89. The highest BCUT2D eigenvalue weighted by atomic mass is 32.2. The zero-order valence-electron chi connectivity index (χ0n) is 13.9. The van der Waals surface area contributed by atoms with Crippen LogP contribution in [0.4, 0.5) is 11.4 Å².